The highest BCUT2D eigenvalue weighted by molar-refractivity contribution is 7.84. The molecule has 0 aliphatic heterocycles. The van der Waals surface area contributed by atoms with Gasteiger partial charge in [0, 0.05) is 11.8 Å². The standard InChI is InChI=1S/C22H33NO3S2/c1-16(11-12-19-18(3)10-7-13-22(19,4)5)8-6-9-17(2)14-20(24)23-21(15-27)28(25)26/h6,8-9,11-12,14,21,27H,7,10,13,15H2,1-5H3,(H,23,24)(H,25,26)/t21-/m1/s1. The minimum absolute atomic E-state index is 0.0958. The molecule has 0 fully saturated rings. The maximum Gasteiger partial charge on any atom is 0.245 e. The van der Waals surface area contributed by atoms with Gasteiger partial charge in [-0.25, -0.2) is 4.21 Å². The van der Waals surface area contributed by atoms with Gasteiger partial charge in [0.1, 0.15) is 5.37 Å². The summed E-state index contributed by atoms with van der Waals surface area (Å²) in [7, 11) is 0. The highest BCUT2D eigenvalue weighted by Gasteiger charge is 2.26. The Morgan fingerprint density at radius 2 is 2.00 bits per heavy atom. The molecule has 1 aliphatic carbocycles. The summed E-state index contributed by atoms with van der Waals surface area (Å²) in [5.41, 5.74) is 5.01. The second kappa shape index (κ2) is 11.6. The Morgan fingerprint density at radius 1 is 1.32 bits per heavy atom. The number of rotatable bonds is 8. The predicted molar refractivity (Wildman–Crippen MR) is 123 cm³/mol. The minimum Gasteiger partial charge on any atom is -0.335 e. The zero-order valence-electron chi connectivity index (χ0n) is 17.5. The van der Waals surface area contributed by atoms with Crippen LogP contribution in [0.4, 0.5) is 0 Å². The highest BCUT2D eigenvalue weighted by atomic mass is 32.2. The van der Waals surface area contributed by atoms with E-state index in [0.29, 0.717) is 0 Å². The van der Waals surface area contributed by atoms with Crippen molar-refractivity contribution in [1.82, 2.24) is 5.32 Å². The van der Waals surface area contributed by atoms with Crippen LogP contribution in [0, 0.1) is 5.41 Å². The number of hydrogen-bond donors (Lipinski definition) is 3. The third-order valence-electron chi connectivity index (χ3n) is 4.84. The molecule has 0 radical (unpaired) electrons. The van der Waals surface area contributed by atoms with Gasteiger partial charge in [0.15, 0.2) is 11.1 Å². The number of thiol groups is 1. The topological polar surface area (TPSA) is 66.4 Å². The molecular formula is C22H33NO3S2. The van der Waals surface area contributed by atoms with E-state index in [9.17, 15) is 9.00 Å². The van der Waals surface area contributed by atoms with Crippen molar-refractivity contribution in [2.45, 2.75) is 59.3 Å². The van der Waals surface area contributed by atoms with E-state index in [-0.39, 0.29) is 11.2 Å². The molecule has 2 N–H and O–H groups in total. The van der Waals surface area contributed by atoms with Crippen LogP contribution in [0.2, 0.25) is 0 Å². The van der Waals surface area contributed by atoms with Crippen molar-refractivity contribution >= 4 is 29.6 Å². The maximum atomic E-state index is 11.9. The highest BCUT2D eigenvalue weighted by Crippen LogP contribution is 2.40. The molecule has 0 saturated carbocycles. The Labute approximate surface area is 177 Å². The quantitative estimate of drug-likeness (QED) is 0.220. The van der Waals surface area contributed by atoms with E-state index in [1.165, 1.54) is 36.5 Å². The first kappa shape index (κ1) is 24.7. The van der Waals surface area contributed by atoms with Gasteiger partial charge in [-0.2, -0.15) is 12.6 Å². The average Bonchev–Trinajstić information content (AvgIpc) is 2.58. The van der Waals surface area contributed by atoms with E-state index in [4.69, 9.17) is 4.55 Å². The first-order chi connectivity index (χ1) is 13.1. The van der Waals surface area contributed by atoms with Gasteiger partial charge in [-0.15, -0.1) is 0 Å². The van der Waals surface area contributed by atoms with E-state index < -0.39 is 22.4 Å². The zero-order valence-corrected chi connectivity index (χ0v) is 19.2. The Morgan fingerprint density at radius 3 is 2.57 bits per heavy atom. The van der Waals surface area contributed by atoms with Gasteiger partial charge in [-0.05, 0) is 56.6 Å². The Kier molecular flexibility index (Phi) is 10.2. The fourth-order valence-electron chi connectivity index (χ4n) is 3.25. The van der Waals surface area contributed by atoms with Crippen LogP contribution in [0.1, 0.15) is 53.9 Å². The largest absolute Gasteiger partial charge is 0.335 e. The Hall–Kier alpha value is -1.37. The van der Waals surface area contributed by atoms with Crippen LogP contribution in [0.3, 0.4) is 0 Å². The molecule has 4 nitrogen and oxygen atoms in total. The fourth-order valence-corrected chi connectivity index (χ4v) is 4.07. The second-order valence-electron chi connectivity index (χ2n) is 7.88. The lowest BCUT2D eigenvalue weighted by molar-refractivity contribution is -0.116. The molecule has 6 heteroatoms. The summed E-state index contributed by atoms with van der Waals surface area (Å²) in [5.74, 6) is -0.315. The van der Waals surface area contributed by atoms with Gasteiger partial charge >= 0.3 is 0 Å². The molecule has 0 aromatic carbocycles. The first-order valence-corrected chi connectivity index (χ1v) is 11.3. The number of allylic oxidation sites excluding steroid dienone is 9. The normalized spacial score (nSPS) is 20.7. The van der Waals surface area contributed by atoms with Crippen LogP contribution >= 0.6 is 12.6 Å². The first-order valence-electron chi connectivity index (χ1n) is 9.49. The summed E-state index contributed by atoms with van der Waals surface area (Å²) in [4.78, 5) is 11.9. The summed E-state index contributed by atoms with van der Waals surface area (Å²) in [6, 6.07) is 0. The fraction of sp³-hybridized carbons (Fsp3) is 0.500. The monoisotopic (exact) mass is 423 g/mol. The summed E-state index contributed by atoms with van der Waals surface area (Å²) >= 11 is 1.81. The third kappa shape index (κ3) is 8.33. The molecule has 0 saturated heterocycles. The van der Waals surface area contributed by atoms with E-state index in [1.807, 2.05) is 25.2 Å². The molecule has 1 amide bonds. The average molecular weight is 424 g/mol. The molecule has 28 heavy (non-hydrogen) atoms. The smallest absolute Gasteiger partial charge is 0.245 e. The summed E-state index contributed by atoms with van der Waals surface area (Å²) in [5, 5.41) is 1.58. The van der Waals surface area contributed by atoms with Crippen LogP contribution < -0.4 is 5.32 Å². The van der Waals surface area contributed by atoms with Gasteiger partial charge in [0.05, 0.1) is 0 Å². The van der Waals surface area contributed by atoms with Gasteiger partial charge in [0.25, 0.3) is 0 Å². The van der Waals surface area contributed by atoms with Crippen LogP contribution in [-0.2, 0) is 15.9 Å². The lowest BCUT2D eigenvalue weighted by Gasteiger charge is -2.32. The SMILES string of the molecule is CC(C=CC1=C(C)CCCC1(C)C)=CC=CC(C)=CC(=O)N[C@@H](CS)S(=O)O. The van der Waals surface area contributed by atoms with E-state index in [1.54, 1.807) is 6.92 Å². The van der Waals surface area contributed by atoms with Crippen molar-refractivity contribution in [3.63, 3.8) is 0 Å². The van der Waals surface area contributed by atoms with E-state index in [2.05, 4.69) is 50.9 Å². The van der Waals surface area contributed by atoms with E-state index in [0.717, 1.165) is 11.1 Å². The van der Waals surface area contributed by atoms with Gasteiger partial charge in [0.2, 0.25) is 5.91 Å². The number of nitrogens with one attached hydrogen (secondary N) is 1. The molecule has 0 aromatic heterocycles. The molecule has 0 bridgehead atoms. The predicted octanol–water partition coefficient (Wildman–Crippen LogP) is 5.11. The van der Waals surface area contributed by atoms with Gasteiger partial charge in [-0.3, -0.25) is 4.79 Å². The Bertz CT molecular complexity index is 743. The van der Waals surface area contributed by atoms with Crippen LogP contribution in [0.15, 0.2) is 58.7 Å². The van der Waals surface area contributed by atoms with E-state index >= 15 is 0 Å². The van der Waals surface area contributed by atoms with Crippen molar-refractivity contribution in [2.75, 3.05) is 5.75 Å². The second-order valence-corrected chi connectivity index (χ2v) is 9.37. The number of amides is 1. The van der Waals surface area contributed by atoms with Crippen molar-refractivity contribution < 1.29 is 13.6 Å². The molecule has 1 aliphatic rings. The summed E-state index contributed by atoms with van der Waals surface area (Å²) in [6.45, 7) is 10.7. The number of carbonyl (C=O) groups excluding carboxylic acids is 1. The molecular weight excluding hydrogens is 390 g/mol. The van der Waals surface area contributed by atoms with Gasteiger partial charge in [-0.1, -0.05) is 55.4 Å². The molecule has 0 aromatic rings. The summed E-state index contributed by atoms with van der Waals surface area (Å²) < 4.78 is 20.1. The Balaban J connectivity index is 2.72. The molecule has 156 valence electrons. The van der Waals surface area contributed by atoms with Crippen LogP contribution in [-0.4, -0.2) is 25.8 Å². The van der Waals surface area contributed by atoms with Crippen LogP contribution in [0.25, 0.3) is 0 Å². The molecule has 2 atom stereocenters. The maximum absolute atomic E-state index is 11.9. The van der Waals surface area contributed by atoms with Crippen molar-refractivity contribution in [3.8, 4) is 0 Å². The van der Waals surface area contributed by atoms with Crippen molar-refractivity contribution in [1.29, 1.82) is 0 Å². The lowest BCUT2D eigenvalue weighted by Crippen LogP contribution is -2.38. The summed E-state index contributed by atoms with van der Waals surface area (Å²) in [6.07, 6.45) is 15.1. The van der Waals surface area contributed by atoms with Crippen molar-refractivity contribution in [2.24, 2.45) is 5.41 Å². The molecule has 1 rings (SSSR count). The molecule has 0 spiro atoms. The minimum atomic E-state index is -2.14. The number of hydrogen-bond acceptors (Lipinski definition) is 3. The van der Waals surface area contributed by atoms with Gasteiger partial charge < -0.3 is 9.87 Å². The number of carbonyl (C=O) groups is 1. The molecule has 0 heterocycles. The van der Waals surface area contributed by atoms with Crippen LogP contribution in [0.5, 0.6) is 0 Å². The molecule has 1 unspecified atom stereocenters. The third-order valence-corrected chi connectivity index (χ3v) is 6.23. The zero-order chi connectivity index (χ0) is 21.3. The van der Waals surface area contributed by atoms with Crippen molar-refractivity contribution in [3.05, 3.63) is 58.7 Å². The lowest BCUT2D eigenvalue weighted by atomic mass is 9.72.